The SMILES string of the molecule is CCN(C)c1cnn(Cc2ncc(C)c(N)c2C)c(=O)c1. The Labute approximate surface area is 124 Å². The minimum absolute atomic E-state index is 0.145. The van der Waals surface area contributed by atoms with Gasteiger partial charge in [-0.3, -0.25) is 9.78 Å². The molecule has 0 aliphatic heterocycles. The van der Waals surface area contributed by atoms with Gasteiger partial charge in [0.1, 0.15) is 0 Å². The van der Waals surface area contributed by atoms with Crippen molar-refractivity contribution in [3.63, 3.8) is 0 Å². The highest BCUT2D eigenvalue weighted by molar-refractivity contribution is 5.53. The van der Waals surface area contributed by atoms with Gasteiger partial charge in [-0.1, -0.05) is 0 Å². The Morgan fingerprint density at radius 1 is 1.33 bits per heavy atom. The number of nitrogen functional groups attached to an aromatic ring is 1. The van der Waals surface area contributed by atoms with E-state index in [0.29, 0.717) is 6.54 Å². The first kappa shape index (κ1) is 15.0. The Morgan fingerprint density at radius 2 is 2.05 bits per heavy atom. The van der Waals surface area contributed by atoms with Crippen LogP contribution >= 0.6 is 0 Å². The normalized spacial score (nSPS) is 10.7. The fraction of sp³-hybridized carbons (Fsp3) is 0.400. The van der Waals surface area contributed by atoms with Crippen LogP contribution < -0.4 is 16.2 Å². The molecule has 0 spiro atoms. The lowest BCUT2D eigenvalue weighted by Crippen LogP contribution is -2.26. The van der Waals surface area contributed by atoms with Gasteiger partial charge in [-0.05, 0) is 31.9 Å². The summed E-state index contributed by atoms with van der Waals surface area (Å²) in [6.45, 7) is 6.99. The Morgan fingerprint density at radius 3 is 2.67 bits per heavy atom. The van der Waals surface area contributed by atoms with Crippen molar-refractivity contribution in [2.75, 3.05) is 24.2 Å². The van der Waals surface area contributed by atoms with Crippen molar-refractivity contribution >= 4 is 11.4 Å². The predicted molar refractivity (Wildman–Crippen MR) is 84.7 cm³/mol. The molecule has 0 amide bonds. The molecule has 2 heterocycles. The molecule has 2 aromatic heterocycles. The van der Waals surface area contributed by atoms with Gasteiger partial charge in [0.25, 0.3) is 5.56 Å². The summed E-state index contributed by atoms with van der Waals surface area (Å²) in [6.07, 6.45) is 3.42. The first-order valence-corrected chi connectivity index (χ1v) is 6.93. The fourth-order valence-corrected chi connectivity index (χ4v) is 2.03. The van der Waals surface area contributed by atoms with Crippen molar-refractivity contribution in [3.8, 4) is 0 Å². The van der Waals surface area contributed by atoms with E-state index < -0.39 is 0 Å². The summed E-state index contributed by atoms with van der Waals surface area (Å²) in [4.78, 5) is 18.5. The maximum atomic E-state index is 12.1. The molecule has 6 heteroatoms. The lowest BCUT2D eigenvalue weighted by atomic mass is 10.1. The second-order valence-corrected chi connectivity index (χ2v) is 5.15. The van der Waals surface area contributed by atoms with Crippen LogP contribution in [-0.4, -0.2) is 28.4 Å². The number of aryl methyl sites for hydroxylation is 1. The number of rotatable bonds is 4. The van der Waals surface area contributed by atoms with Gasteiger partial charge in [-0.2, -0.15) is 5.10 Å². The van der Waals surface area contributed by atoms with Crippen LogP contribution in [0.3, 0.4) is 0 Å². The quantitative estimate of drug-likeness (QED) is 0.918. The molecule has 0 aromatic carbocycles. The molecule has 2 N–H and O–H groups in total. The predicted octanol–water partition coefficient (Wildman–Crippen LogP) is 1.34. The largest absolute Gasteiger partial charge is 0.398 e. The molecule has 0 saturated heterocycles. The number of nitrogens with zero attached hydrogens (tertiary/aromatic N) is 4. The minimum Gasteiger partial charge on any atom is -0.398 e. The van der Waals surface area contributed by atoms with Crippen molar-refractivity contribution in [1.82, 2.24) is 14.8 Å². The van der Waals surface area contributed by atoms with Crippen LogP contribution in [0, 0.1) is 13.8 Å². The fourth-order valence-electron chi connectivity index (χ4n) is 2.03. The van der Waals surface area contributed by atoms with Gasteiger partial charge >= 0.3 is 0 Å². The molecule has 0 fully saturated rings. The molecule has 0 atom stereocenters. The molecule has 0 unspecified atom stereocenters. The highest BCUT2D eigenvalue weighted by atomic mass is 16.1. The number of nitrogens with two attached hydrogens (primary N) is 1. The first-order valence-electron chi connectivity index (χ1n) is 6.93. The third-order valence-electron chi connectivity index (χ3n) is 3.75. The average Bonchev–Trinajstić information content (AvgIpc) is 2.48. The standard InChI is InChI=1S/C15H21N5O/c1-5-19(4)12-6-14(21)20(18-8-12)9-13-11(3)15(16)10(2)7-17-13/h6-8H,5,9H2,1-4H3,(H2,16,17). The molecule has 21 heavy (non-hydrogen) atoms. The second kappa shape index (κ2) is 5.95. The minimum atomic E-state index is -0.145. The van der Waals surface area contributed by atoms with E-state index in [1.807, 2.05) is 32.7 Å². The van der Waals surface area contributed by atoms with Gasteiger partial charge in [0.05, 0.1) is 24.1 Å². The Bertz CT molecular complexity index is 708. The number of aromatic nitrogens is 3. The highest BCUT2D eigenvalue weighted by Crippen LogP contribution is 2.18. The van der Waals surface area contributed by atoms with E-state index in [0.717, 1.165) is 34.7 Å². The summed E-state index contributed by atoms with van der Waals surface area (Å²) >= 11 is 0. The average molecular weight is 287 g/mol. The number of hydrogen-bond acceptors (Lipinski definition) is 5. The van der Waals surface area contributed by atoms with Crippen LogP contribution in [0.1, 0.15) is 23.7 Å². The van der Waals surface area contributed by atoms with Crippen LogP contribution in [0.5, 0.6) is 0 Å². The van der Waals surface area contributed by atoms with Gasteiger partial charge in [0, 0.05) is 31.5 Å². The smallest absolute Gasteiger partial charge is 0.269 e. The van der Waals surface area contributed by atoms with Crippen molar-refractivity contribution in [1.29, 1.82) is 0 Å². The zero-order valence-corrected chi connectivity index (χ0v) is 12.9. The van der Waals surface area contributed by atoms with Crippen molar-refractivity contribution in [3.05, 3.63) is 45.6 Å². The van der Waals surface area contributed by atoms with Crippen LogP contribution in [0.4, 0.5) is 11.4 Å². The van der Waals surface area contributed by atoms with E-state index in [4.69, 9.17) is 5.73 Å². The Hall–Kier alpha value is -2.37. The third kappa shape index (κ3) is 3.04. The van der Waals surface area contributed by atoms with E-state index in [9.17, 15) is 4.79 Å². The molecular weight excluding hydrogens is 266 g/mol. The van der Waals surface area contributed by atoms with E-state index in [2.05, 4.69) is 10.1 Å². The van der Waals surface area contributed by atoms with E-state index >= 15 is 0 Å². The molecule has 112 valence electrons. The third-order valence-corrected chi connectivity index (χ3v) is 3.75. The van der Waals surface area contributed by atoms with E-state index in [-0.39, 0.29) is 5.56 Å². The van der Waals surface area contributed by atoms with Crippen molar-refractivity contribution in [2.45, 2.75) is 27.3 Å². The maximum Gasteiger partial charge on any atom is 0.269 e. The highest BCUT2D eigenvalue weighted by Gasteiger charge is 2.09. The molecule has 0 radical (unpaired) electrons. The molecule has 0 aliphatic rings. The van der Waals surface area contributed by atoms with Gasteiger partial charge in [-0.25, -0.2) is 4.68 Å². The zero-order chi connectivity index (χ0) is 15.6. The topological polar surface area (TPSA) is 77.0 Å². The Balaban J connectivity index is 2.33. The monoisotopic (exact) mass is 287 g/mol. The number of pyridine rings is 1. The summed E-state index contributed by atoms with van der Waals surface area (Å²) in [7, 11) is 1.92. The van der Waals surface area contributed by atoms with Gasteiger partial charge in [0.2, 0.25) is 0 Å². The summed E-state index contributed by atoms with van der Waals surface area (Å²) in [5, 5.41) is 4.22. The van der Waals surface area contributed by atoms with Crippen LogP contribution in [0.15, 0.2) is 23.3 Å². The lowest BCUT2D eigenvalue weighted by molar-refractivity contribution is 0.624. The van der Waals surface area contributed by atoms with E-state index in [1.165, 1.54) is 4.68 Å². The summed E-state index contributed by atoms with van der Waals surface area (Å²) < 4.78 is 1.40. The van der Waals surface area contributed by atoms with Crippen molar-refractivity contribution in [2.24, 2.45) is 0 Å². The van der Waals surface area contributed by atoms with Gasteiger partial charge in [0.15, 0.2) is 0 Å². The van der Waals surface area contributed by atoms with Crippen LogP contribution in [-0.2, 0) is 6.54 Å². The maximum absolute atomic E-state index is 12.1. The first-order chi connectivity index (χ1) is 9.93. The summed E-state index contributed by atoms with van der Waals surface area (Å²) in [6, 6.07) is 1.59. The number of hydrogen-bond donors (Lipinski definition) is 1. The summed E-state index contributed by atoms with van der Waals surface area (Å²) in [5.41, 5.74) is 10.00. The van der Waals surface area contributed by atoms with Crippen LogP contribution in [0.2, 0.25) is 0 Å². The molecule has 0 bridgehead atoms. The van der Waals surface area contributed by atoms with Gasteiger partial charge < -0.3 is 10.6 Å². The number of anilines is 2. The zero-order valence-electron chi connectivity index (χ0n) is 12.9. The van der Waals surface area contributed by atoms with E-state index in [1.54, 1.807) is 18.5 Å². The molecule has 0 saturated carbocycles. The lowest BCUT2D eigenvalue weighted by Gasteiger charge is -2.16. The molecule has 2 aromatic rings. The molecular formula is C15H21N5O. The second-order valence-electron chi connectivity index (χ2n) is 5.15. The summed E-state index contributed by atoms with van der Waals surface area (Å²) in [5.74, 6) is 0. The molecule has 2 rings (SSSR count). The Kier molecular flexibility index (Phi) is 4.26. The van der Waals surface area contributed by atoms with Crippen molar-refractivity contribution < 1.29 is 0 Å². The molecule has 6 nitrogen and oxygen atoms in total. The molecule has 0 aliphatic carbocycles. The van der Waals surface area contributed by atoms with Crippen LogP contribution in [0.25, 0.3) is 0 Å². The van der Waals surface area contributed by atoms with Gasteiger partial charge in [-0.15, -0.1) is 0 Å².